The fourth-order valence-electron chi connectivity index (χ4n) is 6.81. The second-order valence-corrected chi connectivity index (χ2v) is 9.85. The summed E-state index contributed by atoms with van der Waals surface area (Å²) in [5, 5.41) is 21.9. The third-order valence-corrected chi connectivity index (χ3v) is 8.70. The number of fused-ring (bicyclic) bond motifs is 5. The van der Waals surface area contributed by atoms with Crippen molar-refractivity contribution in [2.24, 2.45) is 34.5 Å². The topological polar surface area (TPSA) is 57.5 Å². The summed E-state index contributed by atoms with van der Waals surface area (Å²) in [6, 6.07) is 0. The van der Waals surface area contributed by atoms with Gasteiger partial charge in [0, 0.05) is 16.9 Å². The first-order valence-electron chi connectivity index (χ1n) is 9.69. The Morgan fingerprint density at radius 3 is 2.68 bits per heavy atom. The maximum atomic E-state index is 12.1. The molecular weight excluding hydrogens is 336 g/mol. The van der Waals surface area contributed by atoms with Crippen molar-refractivity contribution < 1.29 is 15.0 Å². The molecule has 1 unspecified atom stereocenters. The van der Waals surface area contributed by atoms with Crippen molar-refractivity contribution >= 4 is 17.4 Å². The quantitative estimate of drug-likeness (QED) is 0.652. The largest absolute Gasteiger partial charge is 0.504 e. The number of aliphatic hydroxyl groups excluding tert-OH is 2. The zero-order chi connectivity index (χ0) is 18.1. The molecule has 138 valence electrons. The molecule has 0 amide bonds. The number of carbonyl (C=O) groups is 1. The number of carbonyl (C=O) groups excluding carboxylic acids is 1. The third kappa shape index (κ3) is 2.24. The summed E-state index contributed by atoms with van der Waals surface area (Å²) < 4.78 is 0. The van der Waals surface area contributed by atoms with Gasteiger partial charge in [0.05, 0.1) is 6.10 Å². The fourth-order valence-corrected chi connectivity index (χ4v) is 7.15. The first kappa shape index (κ1) is 17.6. The van der Waals surface area contributed by atoms with Gasteiger partial charge in [-0.15, -0.1) is 0 Å². The van der Waals surface area contributed by atoms with Gasteiger partial charge in [0.15, 0.2) is 11.5 Å². The molecule has 0 aromatic rings. The highest BCUT2D eigenvalue weighted by Crippen LogP contribution is 2.66. The summed E-state index contributed by atoms with van der Waals surface area (Å²) in [6.45, 7) is 6.73. The molecular formula is C21H29ClO3. The van der Waals surface area contributed by atoms with Gasteiger partial charge in [-0.25, -0.2) is 0 Å². The molecule has 0 aliphatic heterocycles. The van der Waals surface area contributed by atoms with E-state index in [9.17, 15) is 15.0 Å². The van der Waals surface area contributed by atoms with E-state index in [0.717, 1.165) is 37.7 Å². The average molecular weight is 365 g/mol. The van der Waals surface area contributed by atoms with Gasteiger partial charge >= 0.3 is 0 Å². The number of aliphatic hydroxyl groups is 2. The SMILES string of the molecule is C[C@@H]1CC2=C(O)C(=O)CC[C@]2(C)[C@H]2CC[C@]3(C)C(O)C(Cl)=CC[C@H]3[C@H]12. The minimum Gasteiger partial charge on any atom is -0.504 e. The first-order chi connectivity index (χ1) is 11.7. The van der Waals surface area contributed by atoms with Gasteiger partial charge in [-0.05, 0) is 66.8 Å². The Hall–Kier alpha value is -0.800. The van der Waals surface area contributed by atoms with Crippen LogP contribution in [0.3, 0.4) is 0 Å². The zero-order valence-corrected chi connectivity index (χ0v) is 16.1. The van der Waals surface area contributed by atoms with Crippen LogP contribution in [0.2, 0.25) is 0 Å². The molecule has 0 heterocycles. The van der Waals surface area contributed by atoms with E-state index in [1.54, 1.807) is 0 Å². The fraction of sp³-hybridized carbons (Fsp3) is 0.762. The Labute approximate surface area is 155 Å². The molecule has 25 heavy (non-hydrogen) atoms. The van der Waals surface area contributed by atoms with Crippen LogP contribution in [-0.4, -0.2) is 22.1 Å². The second kappa shape index (κ2) is 5.60. The van der Waals surface area contributed by atoms with E-state index in [1.807, 2.05) is 6.08 Å². The van der Waals surface area contributed by atoms with Gasteiger partial charge in [-0.1, -0.05) is 38.4 Å². The highest BCUT2D eigenvalue weighted by atomic mass is 35.5. The summed E-state index contributed by atoms with van der Waals surface area (Å²) in [7, 11) is 0. The van der Waals surface area contributed by atoms with E-state index in [0.29, 0.717) is 35.1 Å². The summed E-state index contributed by atoms with van der Waals surface area (Å²) in [5.41, 5.74) is 0.767. The first-order valence-corrected chi connectivity index (χ1v) is 10.1. The summed E-state index contributed by atoms with van der Waals surface area (Å²) in [4.78, 5) is 12.1. The number of ketones is 1. The van der Waals surface area contributed by atoms with Gasteiger partial charge in [-0.3, -0.25) is 4.79 Å². The normalized spacial score (nSPS) is 49.9. The lowest BCUT2D eigenvalue weighted by atomic mass is 9.43. The lowest BCUT2D eigenvalue weighted by Crippen LogP contribution is -2.57. The Kier molecular flexibility index (Phi) is 3.94. The number of hydrogen-bond acceptors (Lipinski definition) is 3. The van der Waals surface area contributed by atoms with Gasteiger partial charge in [0.1, 0.15) is 0 Å². The maximum Gasteiger partial charge on any atom is 0.197 e. The minimum atomic E-state index is -0.563. The average Bonchev–Trinajstić information content (AvgIpc) is 2.58. The molecule has 2 N–H and O–H groups in total. The Balaban J connectivity index is 1.78. The Morgan fingerprint density at radius 1 is 1.24 bits per heavy atom. The van der Waals surface area contributed by atoms with Crippen LogP contribution in [-0.2, 0) is 4.79 Å². The molecule has 2 fully saturated rings. The molecule has 0 radical (unpaired) electrons. The van der Waals surface area contributed by atoms with Gasteiger partial charge in [0.2, 0.25) is 0 Å². The number of allylic oxidation sites excluding steroid dienone is 3. The Morgan fingerprint density at radius 2 is 1.96 bits per heavy atom. The minimum absolute atomic E-state index is 0.0546. The summed E-state index contributed by atoms with van der Waals surface area (Å²) >= 11 is 6.29. The van der Waals surface area contributed by atoms with Gasteiger partial charge in [-0.2, -0.15) is 0 Å². The molecule has 3 nitrogen and oxygen atoms in total. The molecule has 4 heteroatoms. The van der Waals surface area contributed by atoms with Crippen LogP contribution < -0.4 is 0 Å². The van der Waals surface area contributed by atoms with Crippen LogP contribution in [0, 0.1) is 34.5 Å². The highest BCUT2D eigenvalue weighted by molar-refractivity contribution is 6.30. The summed E-state index contributed by atoms with van der Waals surface area (Å²) in [6.07, 6.45) is 6.48. The van der Waals surface area contributed by atoms with Crippen molar-refractivity contribution in [1.29, 1.82) is 0 Å². The number of hydrogen-bond donors (Lipinski definition) is 2. The molecule has 2 saturated carbocycles. The van der Waals surface area contributed by atoms with Crippen molar-refractivity contribution in [3.05, 3.63) is 22.4 Å². The van der Waals surface area contributed by atoms with Crippen LogP contribution in [0.1, 0.15) is 59.3 Å². The Bertz CT molecular complexity index is 681. The second-order valence-electron chi connectivity index (χ2n) is 9.41. The molecule has 4 aliphatic rings. The molecule has 0 bridgehead atoms. The van der Waals surface area contributed by atoms with E-state index in [1.165, 1.54) is 0 Å². The number of halogens is 1. The lowest BCUT2D eigenvalue weighted by Gasteiger charge is -2.62. The van der Waals surface area contributed by atoms with Crippen molar-refractivity contribution in [3.8, 4) is 0 Å². The lowest BCUT2D eigenvalue weighted by molar-refractivity contribution is -0.129. The smallest absolute Gasteiger partial charge is 0.197 e. The molecule has 0 aromatic heterocycles. The van der Waals surface area contributed by atoms with Crippen LogP contribution in [0.25, 0.3) is 0 Å². The number of rotatable bonds is 0. The van der Waals surface area contributed by atoms with Gasteiger partial charge < -0.3 is 10.2 Å². The van der Waals surface area contributed by atoms with Crippen LogP contribution in [0.4, 0.5) is 0 Å². The van der Waals surface area contributed by atoms with E-state index >= 15 is 0 Å². The van der Waals surface area contributed by atoms with E-state index in [4.69, 9.17) is 11.6 Å². The van der Waals surface area contributed by atoms with Crippen molar-refractivity contribution in [2.75, 3.05) is 0 Å². The molecule has 7 atom stereocenters. The van der Waals surface area contributed by atoms with Crippen molar-refractivity contribution in [3.63, 3.8) is 0 Å². The van der Waals surface area contributed by atoms with E-state index in [-0.39, 0.29) is 22.4 Å². The van der Waals surface area contributed by atoms with Crippen LogP contribution >= 0.6 is 11.6 Å². The zero-order valence-electron chi connectivity index (χ0n) is 15.4. The molecule has 4 aliphatic carbocycles. The monoisotopic (exact) mass is 364 g/mol. The molecule has 0 spiro atoms. The predicted octanol–water partition coefficient (Wildman–Crippen LogP) is 4.74. The molecule has 0 aromatic carbocycles. The number of Topliss-reactive ketones (excluding diaryl/α,β-unsaturated/α-hetero) is 1. The summed E-state index contributed by atoms with van der Waals surface area (Å²) in [5.74, 6) is 1.77. The molecule has 4 rings (SSSR count). The highest BCUT2D eigenvalue weighted by Gasteiger charge is 2.60. The van der Waals surface area contributed by atoms with E-state index in [2.05, 4.69) is 20.8 Å². The standard InChI is InChI=1S/C21H29ClO3/c1-11-10-14-18(24)16(23)7-9-20(14,2)13-6-8-21(3)12(17(11)13)4-5-15(22)19(21)25/h5,11-13,17,19,24-25H,4,6-10H2,1-3H3/t11-,12+,13+,17+,19?,20-,21+/m1/s1. The van der Waals surface area contributed by atoms with Crippen LogP contribution in [0.5, 0.6) is 0 Å². The van der Waals surface area contributed by atoms with Gasteiger partial charge in [0.25, 0.3) is 0 Å². The van der Waals surface area contributed by atoms with E-state index < -0.39 is 6.10 Å². The third-order valence-electron chi connectivity index (χ3n) is 8.34. The molecule has 0 saturated heterocycles. The predicted molar refractivity (Wildman–Crippen MR) is 98.2 cm³/mol. The van der Waals surface area contributed by atoms with Crippen LogP contribution in [0.15, 0.2) is 22.4 Å². The maximum absolute atomic E-state index is 12.1. The van der Waals surface area contributed by atoms with Crippen molar-refractivity contribution in [1.82, 2.24) is 0 Å². The van der Waals surface area contributed by atoms with Crippen molar-refractivity contribution in [2.45, 2.75) is 65.4 Å².